The summed E-state index contributed by atoms with van der Waals surface area (Å²) < 4.78 is 3.88. The zero-order valence-corrected chi connectivity index (χ0v) is 8.33. The van der Waals surface area contributed by atoms with Gasteiger partial charge >= 0.3 is 0 Å². The molecule has 2 heterocycles. The van der Waals surface area contributed by atoms with Gasteiger partial charge in [-0.15, -0.1) is 0 Å². The monoisotopic (exact) mass is 213 g/mol. The van der Waals surface area contributed by atoms with Gasteiger partial charge in [0.1, 0.15) is 0 Å². The van der Waals surface area contributed by atoms with Crippen molar-refractivity contribution in [1.29, 1.82) is 0 Å². The molecule has 1 amide bonds. The third kappa shape index (κ3) is 1.63. The zero-order chi connectivity index (χ0) is 10.1. The van der Waals surface area contributed by atoms with Crippen LogP contribution in [0.1, 0.15) is 6.42 Å². The van der Waals surface area contributed by atoms with E-state index >= 15 is 0 Å². The third-order valence-electron chi connectivity index (χ3n) is 2.29. The molecule has 1 aromatic rings. The van der Waals surface area contributed by atoms with Crippen LogP contribution in [0.4, 0.5) is 11.1 Å². The summed E-state index contributed by atoms with van der Waals surface area (Å²) in [7, 11) is 0. The number of amides is 1. The van der Waals surface area contributed by atoms with Gasteiger partial charge in [0.2, 0.25) is 17.0 Å². The molecule has 0 radical (unpaired) electrons. The molecule has 6 nitrogen and oxygen atoms in total. The van der Waals surface area contributed by atoms with E-state index in [2.05, 4.69) is 9.36 Å². The lowest BCUT2D eigenvalue weighted by molar-refractivity contribution is -0.121. The zero-order valence-electron chi connectivity index (χ0n) is 7.51. The number of carbonyl (C=O) groups excluding carboxylic acids is 1. The van der Waals surface area contributed by atoms with Crippen molar-refractivity contribution < 1.29 is 4.79 Å². The van der Waals surface area contributed by atoms with E-state index in [0.29, 0.717) is 6.54 Å². The normalized spacial score (nSPS) is 21.4. The van der Waals surface area contributed by atoms with Crippen molar-refractivity contribution in [2.24, 2.45) is 11.7 Å². The molecule has 1 saturated heterocycles. The molecule has 0 aliphatic carbocycles. The Morgan fingerprint density at radius 3 is 2.93 bits per heavy atom. The summed E-state index contributed by atoms with van der Waals surface area (Å²) in [4.78, 5) is 17.0. The van der Waals surface area contributed by atoms with Crippen molar-refractivity contribution in [3.8, 4) is 0 Å². The molecular weight excluding hydrogens is 202 g/mol. The molecule has 1 aliphatic heterocycles. The number of nitrogens with two attached hydrogens (primary N) is 2. The van der Waals surface area contributed by atoms with E-state index in [1.165, 1.54) is 11.5 Å². The van der Waals surface area contributed by atoms with Gasteiger partial charge in [-0.1, -0.05) is 0 Å². The van der Waals surface area contributed by atoms with Crippen molar-refractivity contribution in [2.75, 3.05) is 23.7 Å². The topological polar surface area (TPSA) is 98.1 Å². The third-order valence-corrected chi connectivity index (χ3v) is 3.08. The Balaban J connectivity index is 2.05. The molecule has 1 fully saturated rings. The molecule has 1 aliphatic rings. The fourth-order valence-electron chi connectivity index (χ4n) is 1.52. The van der Waals surface area contributed by atoms with Gasteiger partial charge in [0.25, 0.3) is 0 Å². The van der Waals surface area contributed by atoms with Gasteiger partial charge in [0, 0.05) is 24.6 Å². The highest BCUT2D eigenvalue weighted by atomic mass is 32.1. The van der Waals surface area contributed by atoms with Gasteiger partial charge in [-0.05, 0) is 6.42 Å². The van der Waals surface area contributed by atoms with Crippen LogP contribution in [0.3, 0.4) is 0 Å². The van der Waals surface area contributed by atoms with Crippen molar-refractivity contribution in [2.45, 2.75) is 6.42 Å². The van der Waals surface area contributed by atoms with Gasteiger partial charge in [-0.3, -0.25) is 4.79 Å². The molecular formula is C7H11N5OS. The summed E-state index contributed by atoms with van der Waals surface area (Å²) in [5.74, 6) is -0.0300. The van der Waals surface area contributed by atoms with E-state index in [9.17, 15) is 4.79 Å². The first-order valence-corrected chi connectivity index (χ1v) is 5.07. The Labute approximate surface area is 85.1 Å². The van der Waals surface area contributed by atoms with Crippen LogP contribution >= 0.6 is 11.5 Å². The second kappa shape index (κ2) is 3.41. The highest BCUT2D eigenvalue weighted by molar-refractivity contribution is 7.09. The van der Waals surface area contributed by atoms with E-state index < -0.39 is 0 Å². The second-order valence-electron chi connectivity index (χ2n) is 3.27. The summed E-state index contributed by atoms with van der Waals surface area (Å²) in [6.07, 6.45) is 0.787. The molecule has 1 unspecified atom stereocenters. The highest BCUT2D eigenvalue weighted by Gasteiger charge is 2.28. The number of carbonyl (C=O) groups is 1. The van der Waals surface area contributed by atoms with Gasteiger partial charge in [0.15, 0.2) is 0 Å². The van der Waals surface area contributed by atoms with Crippen molar-refractivity contribution in [3.63, 3.8) is 0 Å². The van der Waals surface area contributed by atoms with Crippen LogP contribution in [0, 0.1) is 5.92 Å². The minimum absolute atomic E-state index is 0.0693. The first-order chi connectivity index (χ1) is 6.66. The summed E-state index contributed by atoms with van der Waals surface area (Å²) in [6.45, 7) is 1.42. The van der Waals surface area contributed by atoms with Gasteiger partial charge in [-0.2, -0.15) is 9.36 Å². The lowest BCUT2D eigenvalue weighted by Gasteiger charge is -2.12. The Hall–Kier alpha value is -1.37. The minimum atomic E-state index is -0.245. The molecule has 2 rings (SSSR count). The molecule has 14 heavy (non-hydrogen) atoms. The summed E-state index contributed by atoms with van der Waals surface area (Å²) in [6, 6.07) is 0. The predicted molar refractivity (Wildman–Crippen MR) is 53.8 cm³/mol. The maximum Gasteiger partial charge on any atom is 0.233 e. The van der Waals surface area contributed by atoms with E-state index in [1.54, 1.807) is 0 Å². The van der Waals surface area contributed by atoms with Crippen LogP contribution in [-0.2, 0) is 4.79 Å². The number of nitrogen functional groups attached to an aromatic ring is 1. The molecule has 1 atom stereocenters. The van der Waals surface area contributed by atoms with Crippen LogP contribution in [0.15, 0.2) is 0 Å². The van der Waals surface area contributed by atoms with Crippen molar-refractivity contribution >= 4 is 28.5 Å². The van der Waals surface area contributed by atoms with Crippen LogP contribution < -0.4 is 16.4 Å². The van der Waals surface area contributed by atoms with Crippen molar-refractivity contribution in [3.05, 3.63) is 0 Å². The van der Waals surface area contributed by atoms with Crippen LogP contribution in [0.2, 0.25) is 0 Å². The fraction of sp³-hybridized carbons (Fsp3) is 0.571. The number of hydrogen-bond donors (Lipinski definition) is 2. The molecule has 0 bridgehead atoms. The minimum Gasteiger partial charge on any atom is -0.369 e. The number of rotatable bonds is 2. The average Bonchev–Trinajstić information content (AvgIpc) is 2.70. The standard InChI is InChI=1S/C7H11N5OS/c8-5(13)4-1-2-12(3-4)7-10-6(9)11-14-7/h4H,1-3H2,(H2,8,13)(H2,9,11). The summed E-state index contributed by atoms with van der Waals surface area (Å²) >= 11 is 1.25. The summed E-state index contributed by atoms with van der Waals surface area (Å²) in [5.41, 5.74) is 10.6. The molecule has 7 heteroatoms. The van der Waals surface area contributed by atoms with E-state index in [0.717, 1.165) is 18.1 Å². The maximum absolute atomic E-state index is 10.9. The van der Waals surface area contributed by atoms with Gasteiger partial charge in [0.05, 0.1) is 5.92 Å². The first kappa shape index (κ1) is 9.20. The average molecular weight is 213 g/mol. The van der Waals surface area contributed by atoms with Crippen LogP contribution in [0.5, 0.6) is 0 Å². The number of nitrogens with zero attached hydrogens (tertiary/aromatic N) is 3. The highest BCUT2D eigenvalue weighted by Crippen LogP contribution is 2.25. The SMILES string of the molecule is NC(=O)C1CCN(c2nc(N)ns2)C1. The number of primary amides is 1. The largest absolute Gasteiger partial charge is 0.369 e. The molecule has 76 valence electrons. The molecule has 0 spiro atoms. The van der Waals surface area contributed by atoms with Crippen molar-refractivity contribution in [1.82, 2.24) is 9.36 Å². The Bertz CT molecular complexity index is 352. The summed E-state index contributed by atoms with van der Waals surface area (Å²) in [5, 5.41) is 0.770. The van der Waals surface area contributed by atoms with E-state index in [4.69, 9.17) is 11.5 Å². The number of hydrogen-bond acceptors (Lipinski definition) is 6. The molecule has 4 N–H and O–H groups in total. The van der Waals surface area contributed by atoms with Gasteiger partial charge < -0.3 is 16.4 Å². The fourth-order valence-corrected chi connectivity index (χ4v) is 2.15. The second-order valence-corrected chi connectivity index (χ2v) is 4.00. The lowest BCUT2D eigenvalue weighted by atomic mass is 10.1. The van der Waals surface area contributed by atoms with Crippen LogP contribution in [-0.4, -0.2) is 28.4 Å². The number of aromatic nitrogens is 2. The lowest BCUT2D eigenvalue weighted by Crippen LogP contribution is -2.27. The van der Waals surface area contributed by atoms with E-state index in [-0.39, 0.29) is 17.8 Å². The molecule has 0 aromatic carbocycles. The Morgan fingerprint density at radius 1 is 1.64 bits per heavy atom. The van der Waals surface area contributed by atoms with Crippen LogP contribution in [0.25, 0.3) is 0 Å². The smallest absolute Gasteiger partial charge is 0.233 e. The molecule has 0 saturated carbocycles. The maximum atomic E-state index is 10.9. The van der Waals surface area contributed by atoms with E-state index in [1.807, 2.05) is 4.90 Å². The Morgan fingerprint density at radius 2 is 2.43 bits per heavy atom. The first-order valence-electron chi connectivity index (χ1n) is 4.30. The quantitative estimate of drug-likeness (QED) is 0.685. The Kier molecular flexibility index (Phi) is 2.24. The number of anilines is 2. The molecule has 1 aromatic heterocycles. The van der Waals surface area contributed by atoms with Gasteiger partial charge in [-0.25, -0.2) is 0 Å². The predicted octanol–water partition coefficient (Wildman–Crippen LogP) is -0.568.